The van der Waals surface area contributed by atoms with Crippen LogP contribution in [0.15, 0.2) is 290 Å². The Balaban J connectivity index is 0.732. The molecule has 3 heterocycles. The van der Waals surface area contributed by atoms with Gasteiger partial charge in [-0.1, -0.05) is 198 Å². The maximum atomic E-state index is 6.58. The molecule has 2 aliphatic rings. The molecule has 0 radical (unpaired) electrons. The minimum Gasteiger partial charge on any atom is -0.455 e. The topological polar surface area (TPSA) is 26.2 Å². The Morgan fingerprint density at radius 1 is 0.273 bits per heavy atom. The molecule has 0 fully saturated rings. The summed E-state index contributed by atoms with van der Waals surface area (Å²) in [5.41, 5.74) is 29.3. The molecule has 0 unspecified atom stereocenters. The molecule has 13 aromatic carbocycles. The minimum atomic E-state index is -0.284. The van der Waals surface area contributed by atoms with E-state index in [2.05, 4.69) is 321 Å². The first kappa shape index (κ1) is 50.4. The van der Waals surface area contributed by atoms with Crippen LogP contribution in [0.3, 0.4) is 0 Å². The molecule has 4 nitrogen and oxygen atoms in total. The van der Waals surface area contributed by atoms with Gasteiger partial charge >= 0.3 is 0 Å². The van der Waals surface area contributed by atoms with E-state index in [-0.39, 0.29) is 10.8 Å². The van der Waals surface area contributed by atoms with Crippen molar-refractivity contribution in [2.24, 2.45) is 0 Å². The first-order chi connectivity index (χ1) is 43.1. The number of nitrogens with zero attached hydrogens (tertiary/aromatic N) is 3. The van der Waals surface area contributed by atoms with Crippen LogP contribution in [0.25, 0.3) is 133 Å². The van der Waals surface area contributed by atoms with Gasteiger partial charge < -0.3 is 18.5 Å². The van der Waals surface area contributed by atoms with Crippen molar-refractivity contribution in [3.05, 3.63) is 307 Å². The number of hydrogen-bond acceptors (Lipinski definition) is 2. The predicted molar refractivity (Wildman–Crippen MR) is 369 cm³/mol. The number of furan rings is 1. The van der Waals surface area contributed by atoms with Crippen molar-refractivity contribution in [1.82, 2.24) is 9.13 Å². The third-order valence-electron chi connectivity index (χ3n) is 19.7. The van der Waals surface area contributed by atoms with Crippen molar-refractivity contribution < 1.29 is 4.42 Å². The van der Waals surface area contributed by atoms with Gasteiger partial charge in [-0.05, 0) is 188 Å². The summed E-state index contributed by atoms with van der Waals surface area (Å²) in [5.74, 6) is 0. The molecule has 0 aliphatic heterocycles. The van der Waals surface area contributed by atoms with Gasteiger partial charge in [0, 0.05) is 77.1 Å². The van der Waals surface area contributed by atoms with Crippen LogP contribution in [-0.4, -0.2) is 9.13 Å². The highest BCUT2D eigenvalue weighted by molar-refractivity contribution is 6.13. The van der Waals surface area contributed by atoms with Crippen LogP contribution in [-0.2, 0) is 10.8 Å². The summed E-state index contributed by atoms with van der Waals surface area (Å²) in [7, 11) is 0. The van der Waals surface area contributed by atoms with E-state index in [0.29, 0.717) is 0 Å². The van der Waals surface area contributed by atoms with Crippen LogP contribution in [0.2, 0.25) is 0 Å². The molecule has 4 heteroatoms. The van der Waals surface area contributed by atoms with Crippen LogP contribution in [0.4, 0.5) is 17.1 Å². The predicted octanol–water partition coefficient (Wildman–Crippen LogP) is 22.9. The van der Waals surface area contributed by atoms with Gasteiger partial charge in [0.2, 0.25) is 0 Å². The average Bonchev–Trinajstić information content (AvgIpc) is 1.72. The minimum absolute atomic E-state index is 0.284. The monoisotopic (exact) mass is 1130 g/mol. The highest BCUT2D eigenvalue weighted by Crippen LogP contribution is 2.55. The molecule has 0 saturated heterocycles. The van der Waals surface area contributed by atoms with E-state index in [4.69, 9.17) is 4.42 Å². The fourth-order valence-corrected chi connectivity index (χ4v) is 15.3. The Kier molecular flexibility index (Phi) is 10.8. The number of para-hydroxylation sites is 6. The molecular weight excluding hydrogens is 1070 g/mol. The van der Waals surface area contributed by atoms with Crippen molar-refractivity contribution in [2.75, 3.05) is 4.90 Å². The fraction of sp³-hybridized carbons (Fsp3) is 0.0714. The van der Waals surface area contributed by atoms with E-state index >= 15 is 0 Å². The zero-order chi connectivity index (χ0) is 58.6. The van der Waals surface area contributed by atoms with Gasteiger partial charge in [-0.25, -0.2) is 0 Å². The third-order valence-corrected chi connectivity index (χ3v) is 19.7. The van der Waals surface area contributed by atoms with Crippen molar-refractivity contribution in [2.45, 2.75) is 38.5 Å². The average molecular weight is 1130 g/mol. The molecule has 3 aromatic heterocycles. The Morgan fingerprint density at radius 2 is 0.659 bits per heavy atom. The van der Waals surface area contributed by atoms with E-state index in [0.717, 1.165) is 50.1 Å². The molecule has 0 saturated carbocycles. The SMILES string of the molecule is CC1(C)c2cc(-c3ccc4c(c3)c3ccccc3n4-c3ccccc3)ccc2-c2ccc(N(c3ccc(-c4cccc5c4oc4ccccc45)cc3)c3ccc4c(c3)C(C)(C)c3cc(-c5ccc6c(c5)c5ccccc5n6-c5ccccc5)ccc3-4)cc21. The molecule has 0 bridgehead atoms. The number of aromatic nitrogens is 2. The first-order valence-electron chi connectivity index (χ1n) is 30.7. The van der Waals surface area contributed by atoms with E-state index < -0.39 is 0 Å². The zero-order valence-corrected chi connectivity index (χ0v) is 49.4. The van der Waals surface area contributed by atoms with Gasteiger partial charge in [0.15, 0.2) is 0 Å². The molecule has 0 N–H and O–H groups in total. The summed E-state index contributed by atoms with van der Waals surface area (Å²) in [4.78, 5) is 2.48. The molecule has 16 aromatic rings. The van der Waals surface area contributed by atoms with Crippen LogP contribution >= 0.6 is 0 Å². The number of hydrogen-bond donors (Lipinski definition) is 0. The summed E-state index contributed by atoms with van der Waals surface area (Å²) in [6.07, 6.45) is 0. The standard InChI is InChI=1S/C84H59N3O/c1-83(2)73-48-55(53-34-44-79-71(46-53)67-22-11-14-27-77(67)86(79)57-18-7-5-8-19-57)32-40-63(73)65-42-38-60(50-75(65)83)85(59-36-30-52(31-37-59)62-25-17-26-70-69-24-13-16-29-81(69)88-82(62)70)61-39-43-66-64-41-33-56(49-74(64)84(3,4)76(66)51-61)54-35-45-80-72(47-54)68-23-12-15-28-78(68)87(80)58-20-9-6-10-21-58/h5-51H,1-4H3. The maximum absolute atomic E-state index is 6.58. The largest absolute Gasteiger partial charge is 0.455 e. The number of fused-ring (bicyclic) bond motifs is 15. The Bertz CT molecular complexity index is 5290. The van der Waals surface area contributed by atoms with E-state index in [1.807, 2.05) is 6.07 Å². The lowest BCUT2D eigenvalue weighted by Crippen LogP contribution is -2.18. The second kappa shape index (κ2) is 18.8. The molecule has 2 aliphatic carbocycles. The quantitative estimate of drug-likeness (QED) is 0.152. The molecule has 0 amide bonds. The van der Waals surface area contributed by atoms with Gasteiger partial charge in [-0.2, -0.15) is 0 Å². The second-order valence-electron chi connectivity index (χ2n) is 25.2. The lowest BCUT2D eigenvalue weighted by atomic mass is 9.81. The van der Waals surface area contributed by atoms with Crippen LogP contribution < -0.4 is 4.90 Å². The Morgan fingerprint density at radius 3 is 1.18 bits per heavy atom. The maximum Gasteiger partial charge on any atom is 0.143 e. The van der Waals surface area contributed by atoms with Crippen molar-refractivity contribution in [1.29, 1.82) is 0 Å². The lowest BCUT2D eigenvalue weighted by Gasteiger charge is -2.30. The van der Waals surface area contributed by atoms with Gasteiger partial charge in [-0.3, -0.25) is 0 Å². The molecular formula is C84H59N3O. The Hall–Kier alpha value is -10.9. The van der Waals surface area contributed by atoms with Crippen molar-refractivity contribution >= 4 is 82.6 Å². The first-order valence-corrected chi connectivity index (χ1v) is 30.7. The van der Waals surface area contributed by atoms with Crippen molar-refractivity contribution in [3.8, 4) is 67.0 Å². The Labute approximate surface area is 511 Å². The number of benzene rings is 13. The molecule has 0 spiro atoms. The highest BCUT2D eigenvalue weighted by atomic mass is 16.3. The third kappa shape index (κ3) is 7.39. The summed E-state index contributed by atoms with van der Waals surface area (Å²) >= 11 is 0. The van der Waals surface area contributed by atoms with Gasteiger partial charge in [0.1, 0.15) is 11.2 Å². The zero-order valence-electron chi connectivity index (χ0n) is 49.4. The summed E-state index contributed by atoms with van der Waals surface area (Å²) < 4.78 is 11.4. The van der Waals surface area contributed by atoms with Gasteiger partial charge in [-0.15, -0.1) is 0 Å². The molecule has 88 heavy (non-hydrogen) atoms. The lowest BCUT2D eigenvalue weighted by molar-refractivity contribution is 0.660. The smallest absolute Gasteiger partial charge is 0.143 e. The second-order valence-corrected chi connectivity index (χ2v) is 25.2. The molecule has 416 valence electrons. The van der Waals surface area contributed by atoms with E-state index in [9.17, 15) is 0 Å². The molecule has 18 rings (SSSR count). The van der Waals surface area contributed by atoms with Crippen molar-refractivity contribution in [3.63, 3.8) is 0 Å². The van der Waals surface area contributed by atoms with E-state index in [1.54, 1.807) is 0 Å². The van der Waals surface area contributed by atoms with Crippen LogP contribution in [0, 0.1) is 0 Å². The number of anilines is 3. The van der Waals surface area contributed by atoms with Crippen LogP contribution in [0.5, 0.6) is 0 Å². The summed E-state index contributed by atoms with van der Waals surface area (Å²) in [6.45, 7) is 9.63. The highest BCUT2D eigenvalue weighted by Gasteiger charge is 2.39. The summed E-state index contributed by atoms with van der Waals surface area (Å²) in [6, 6.07) is 106. The summed E-state index contributed by atoms with van der Waals surface area (Å²) in [5, 5.41) is 7.28. The van der Waals surface area contributed by atoms with E-state index in [1.165, 1.54) is 122 Å². The normalized spacial score (nSPS) is 13.6. The van der Waals surface area contributed by atoms with Gasteiger partial charge in [0.25, 0.3) is 0 Å². The van der Waals surface area contributed by atoms with Gasteiger partial charge in [0.05, 0.1) is 22.1 Å². The van der Waals surface area contributed by atoms with Crippen LogP contribution in [0.1, 0.15) is 49.9 Å². The molecule has 0 atom stereocenters. The fourth-order valence-electron chi connectivity index (χ4n) is 15.3. The number of rotatable bonds is 8.